The predicted molar refractivity (Wildman–Crippen MR) is 113 cm³/mol. The van der Waals surface area contributed by atoms with Crippen LogP contribution in [-0.2, 0) is 134 Å². The van der Waals surface area contributed by atoms with Gasteiger partial charge < -0.3 is 14.7 Å². The van der Waals surface area contributed by atoms with E-state index >= 15 is 0 Å². The Balaban J connectivity index is -0.0000000160. The van der Waals surface area contributed by atoms with Crippen molar-refractivity contribution >= 4 is 0 Å². The molecule has 242 valence electrons. The molecule has 1 rings (SSSR count). The Hall–Kier alpha value is -0.746. The maximum Gasteiger partial charge on any atom is 0 e. The second kappa shape index (κ2) is 225. The van der Waals surface area contributed by atoms with Gasteiger partial charge in [0.25, 0.3) is 0 Å². The number of quaternary nitrogens is 1. The summed E-state index contributed by atoms with van der Waals surface area (Å²) in [5, 5.41) is 0. The Morgan fingerprint density at radius 1 is 0.349 bits per heavy atom. The molecular formula is C24H28N3O12Ru4+. The third-order valence-electron chi connectivity index (χ3n) is 3.37. The molecule has 0 spiro atoms. The Morgan fingerprint density at radius 2 is 0.488 bits per heavy atom. The molecule has 0 bridgehead atoms. The van der Waals surface area contributed by atoms with Crippen molar-refractivity contribution in [2.75, 3.05) is 60.4 Å². The average Bonchev–Trinajstić information content (AvgIpc) is 3.08. The summed E-state index contributed by atoms with van der Waals surface area (Å²) in [5.41, 5.74) is 0. The zero-order chi connectivity index (χ0) is 35.1. The molecule has 19 heteroatoms. The Kier molecular flexibility index (Phi) is 545. The molecule has 1 aliphatic rings. The first kappa shape index (κ1) is 104. The normalized spacial score (nSPS) is 9.56. The van der Waals surface area contributed by atoms with Gasteiger partial charge in [-0.05, 0) is 33.6 Å². The minimum absolute atomic E-state index is 0. The van der Waals surface area contributed by atoms with Crippen LogP contribution >= 0.6 is 0 Å². The number of hydrogen-bond acceptors (Lipinski definition) is 2. The monoisotopic (exact) mass is 958 g/mol. The SMILES string of the molecule is CN1CCCN(C)CCC[NH+](C)CCC1.[C-]#[O+].[C-]#[O+].[C-]#[O+].[C-]#[O+].[C-]#[O+].[C-]#[O+].[C-]#[O+].[C-]#[O+].[C-]#[O+].[C-]#[O+].[C-]#[O+].[C-]#[O+].[Ru].[Ru].[Ru].[Ru]. The van der Waals surface area contributed by atoms with E-state index in [9.17, 15) is 0 Å². The van der Waals surface area contributed by atoms with Crippen molar-refractivity contribution in [1.29, 1.82) is 0 Å². The van der Waals surface area contributed by atoms with E-state index in [2.05, 4.69) is 111 Å². The molecule has 1 N–H and O–H groups in total. The Bertz CT molecular complexity index is 462. The first-order chi connectivity index (χ1) is 19.2. The van der Waals surface area contributed by atoms with Crippen LogP contribution in [-0.4, -0.2) is 70.2 Å². The molecule has 0 saturated carbocycles. The number of rotatable bonds is 0. The molecule has 0 aliphatic carbocycles. The van der Waals surface area contributed by atoms with Crippen molar-refractivity contribution in [2.45, 2.75) is 19.3 Å². The van der Waals surface area contributed by atoms with Gasteiger partial charge in [-0.25, -0.2) is 0 Å². The summed E-state index contributed by atoms with van der Waals surface area (Å²) in [6.07, 6.45) is 4.01. The van der Waals surface area contributed by atoms with Crippen LogP contribution in [0.15, 0.2) is 0 Å². The van der Waals surface area contributed by atoms with Crippen LogP contribution < -0.4 is 4.90 Å². The zero-order valence-electron chi connectivity index (χ0n) is 23.1. The van der Waals surface area contributed by atoms with E-state index in [0.29, 0.717) is 0 Å². The molecule has 0 aromatic carbocycles. The summed E-state index contributed by atoms with van der Waals surface area (Å²) in [6.45, 7) is 61.7. The minimum atomic E-state index is 0. The molecule has 0 aromatic rings. The van der Waals surface area contributed by atoms with Crippen LogP contribution in [0.5, 0.6) is 0 Å². The predicted octanol–water partition coefficient (Wildman–Crippen LogP) is -0.912. The van der Waals surface area contributed by atoms with Gasteiger partial charge in [-0.15, -0.1) is 0 Å². The van der Waals surface area contributed by atoms with Gasteiger partial charge >= 0.3 is 136 Å². The molecule has 1 aliphatic heterocycles. The Morgan fingerprint density at radius 3 is 0.651 bits per heavy atom. The first-order valence-corrected chi connectivity index (χ1v) is 8.82. The summed E-state index contributed by atoms with van der Waals surface area (Å²) in [4.78, 5) is 6.64. The largest absolute Gasteiger partial charge is 0 e. The van der Waals surface area contributed by atoms with Gasteiger partial charge in [0.2, 0.25) is 0 Å². The first-order valence-electron chi connectivity index (χ1n) is 8.82. The molecule has 0 aromatic heterocycles. The van der Waals surface area contributed by atoms with Crippen LogP contribution in [0.2, 0.25) is 0 Å². The van der Waals surface area contributed by atoms with Crippen molar-refractivity contribution in [2.24, 2.45) is 0 Å². The maximum absolute atomic E-state index is 7.50. The second-order valence-corrected chi connectivity index (χ2v) is 5.12. The van der Waals surface area contributed by atoms with Gasteiger partial charge in [0.05, 0.1) is 20.1 Å². The van der Waals surface area contributed by atoms with Crippen molar-refractivity contribution in [3.05, 3.63) is 79.8 Å². The molecule has 1 saturated heterocycles. The topological polar surface area (TPSA) is 250 Å². The minimum Gasteiger partial charge on any atom is 0 e. The molecule has 0 unspecified atom stereocenters. The van der Waals surface area contributed by atoms with E-state index in [1.165, 1.54) is 58.5 Å². The summed E-state index contributed by atoms with van der Waals surface area (Å²) in [5.74, 6) is 0. The van der Waals surface area contributed by atoms with Gasteiger partial charge in [-0.1, -0.05) is 0 Å². The van der Waals surface area contributed by atoms with E-state index in [0.717, 1.165) is 0 Å². The van der Waals surface area contributed by atoms with Gasteiger partial charge in [-0.3, -0.25) is 0 Å². The summed E-state index contributed by atoms with van der Waals surface area (Å²) < 4.78 is 90.0. The molecule has 43 heavy (non-hydrogen) atoms. The molecule has 0 amide bonds. The van der Waals surface area contributed by atoms with Crippen molar-refractivity contribution in [3.8, 4) is 0 Å². The Labute approximate surface area is 306 Å². The molecule has 1 fully saturated rings. The zero-order valence-corrected chi connectivity index (χ0v) is 30.0. The van der Waals surface area contributed by atoms with Gasteiger partial charge in [0.1, 0.15) is 0 Å². The van der Waals surface area contributed by atoms with Crippen molar-refractivity contribution in [3.63, 3.8) is 0 Å². The van der Waals surface area contributed by atoms with Crippen molar-refractivity contribution in [1.82, 2.24) is 9.80 Å². The third-order valence-corrected chi connectivity index (χ3v) is 3.37. The second-order valence-electron chi connectivity index (χ2n) is 5.12. The number of nitrogens with zero attached hydrogens (tertiary/aromatic N) is 2. The van der Waals surface area contributed by atoms with E-state index in [1.54, 1.807) is 4.90 Å². The fourth-order valence-electron chi connectivity index (χ4n) is 2.26. The van der Waals surface area contributed by atoms with Gasteiger partial charge in [0.15, 0.2) is 0 Å². The van der Waals surface area contributed by atoms with Gasteiger partial charge in [0, 0.05) is 104 Å². The molecule has 0 atom stereocenters. The fraction of sp³-hybridized carbons (Fsp3) is 0.500. The smallest absolute Gasteiger partial charge is 0 e. The van der Waals surface area contributed by atoms with Crippen LogP contribution in [0.25, 0.3) is 0 Å². The number of nitrogens with one attached hydrogen (secondary N) is 1. The number of hydrogen-bond donors (Lipinski definition) is 1. The van der Waals surface area contributed by atoms with Crippen LogP contribution in [0.4, 0.5) is 0 Å². The fourth-order valence-corrected chi connectivity index (χ4v) is 2.26. The molecular weight excluding hydrogens is 927 g/mol. The summed E-state index contributed by atoms with van der Waals surface area (Å²) in [7, 11) is 6.83. The standard InChI is InChI=1S/C12H27N3.12CO.4Ru/c1-13-7-4-9-14(2)11-6-12-15(3)10-5-8-13;12*1-2;;;;/h4-12H2,1-3H3;;;;;;;;;;;;;;;;/p+1. The average molecular weight is 955 g/mol. The van der Waals surface area contributed by atoms with Crippen molar-refractivity contribution < 1.29 is 139 Å². The van der Waals surface area contributed by atoms with Crippen LogP contribution in [0, 0.1) is 79.8 Å². The molecule has 0 radical (unpaired) electrons. The van der Waals surface area contributed by atoms with Crippen LogP contribution in [0.3, 0.4) is 0 Å². The van der Waals surface area contributed by atoms with E-state index in [1.807, 2.05) is 0 Å². The third kappa shape index (κ3) is 214. The maximum atomic E-state index is 7.50. The molecule has 1 heterocycles. The summed E-state index contributed by atoms with van der Waals surface area (Å²) >= 11 is 0. The molecule has 15 nitrogen and oxygen atoms in total. The quantitative estimate of drug-likeness (QED) is 0.184. The van der Waals surface area contributed by atoms with E-state index < -0.39 is 0 Å². The van der Waals surface area contributed by atoms with Crippen LogP contribution in [0.1, 0.15) is 19.3 Å². The van der Waals surface area contributed by atoms with E-state index in [-0.39, 0.29) is 77.9 Å². The van der Waals surface area contributed by atoms with E-state index in [4.69, 9.17) is 55.8 Å². The summed E-state index contributed by atoms with van der Waals surface area (Å²) in [6, 6.07) is 0. The van der Waals surface area contributed by atoms with Gasteiger partial charge in [-0.2, -0.15) is 0 Å².